The van der Waals surface area contributed by atoms with Crippen LogP contribution in [0.2, 0.25) is 0 Å². The van der Waals surface area contributed by atoms with E-state index in [2.05, 4.69) is 31.3 Å². The molecule has 0 aliphatic heterocycles. The summed E-state index contributed by atoms with van der Waals surface area (Å²) in [5.41, 5.74) is 4.16. The molecule has 0 unspecified atom stereocenters. The molecule has 0 amide bonds. The van der Waals surface area contributed by atoms with E-state index in [9.17, 15) is 0 Å². The Balaban J connectivity index is 2.09. The van der Waals surface area contributed by atoms with Gasteiger partial charge in [-0.05, 0) is 37.6 Å². The molecule has 3 nitrogen and oxygen atoms in total. The number of hydrogen-bond donors (Lipinski definition) is 1. The van der Waals surface area contributed by atoms with E-state index in [4.69, 9.17) is 10.00 Å². The molecular formula is C18H20N2O. The Labute approximate surface area is 126 Å². The molecule has 0 saturated carbocycles. The zero-order valence-electron chi connectivity index (χ0n) is 12.7. The van der Waals surface area contributed by atoms with Crippen LogP contribution in [0.25, 0.3) is 0 Å². The number of aryl methyl sites for hydroxylation is 1. The number of hydrogen-bond acceptors (Lipinski definition) is 3. The highest BCUT2D eigenvalue weighted by Gasteiger charge is 2.11. The van der Waals surface area contributed by atoms with Gasteiger partial charge in [-0.15, -0.1) is 0 Å². The zero-order chi connectivity index (χ0) is 15.2. The van der Waals surface area contributed by atoms with E-state index >= 15 is 0 Å². The predicted octanol–water partition coefficient (Wildman–Crippen LogP) is 3.73. The van der Waals surface area contributed by atoms with Gasteiger partial charge in [0, 0.05) is 18.2 Å². The topological polar surface area (TPSA) is 45.0 Å². The molecule has 0 bridgehead atoms. The molecule has 0 radical (unpaired) electrons. The maximum Gasteiger partial charge on any atom is 0.123 e. The van der Waals surface area contributed by atoms with E-state index in [-0.39, 0.29) is 6.04 Å². The number of rotatable bonds is 5. The van der Waals surface area contributed by atoms with Crippen molar-refractivity contribution in [2.75, 3.05) is 7.11 Å². The van der Waals surface area contributed by atoms with Crippen molar-refractivity contribution >= 4 is 0 Å². The van der Waals surface area contributed by atoms with Crippen LogP contribution in [0.4, 0.5) is 0 Å². The maximum absolute atomic E-state index is 8.93. The van der Waals surface area contributed by atoms with Gasteiger partial charge in [0.05, 0.1) is 18.7 Å². The molecule has 0 spiro atoms. The Hall–Kier alpha value is -2.31. The van der Waals surface area contributed by atoms with Gasteiger partial charge < -0.3 is 10.1 Å². The third-order valence-corrected chi connectivity index (χ3v) is 3.52. The highest BCUT2D eigenvalue weighted by molar-refractivity contribution is 5.39. The normalized spacial score (nSPS) is 11.7. The standard InChI is InChI=1S/C18H20N2O/c1-13-7-8-18(21-3)17(9-13)14(2)20-12-16-6-4-5-15(10-16)11-19/h4-10,14,20H,12H2,1-3H3/t14-/m0/s1. The summed E-state index contributed by atoms with van der Waals surface area (Å²) in [6, 6.07) is 16.2. The molecule has 1 atom stereocenters. The summed E-state index contributed by atoms with van der Waals surface area (Å²) in [6.45, 7) is 4.91. The minimum atomic E-state index is 0.172. The Morgan fingerprint density at radius 2 is 2.05 bits per heavy atom. The first-order valence-electron chi connectivity index (χ1n) is 7.01. The lowest BCUT2D eigenvalue weighted by atomic mass is 10.0. The van der Waals surface area contributed by atoms with Crippen molar-refractivity contribution in [2.24, 2.45) is 0 Å². The third-order valence-electron chi connectivity index (χ3n) is 3.52. The van der Waals surface area contributed by atoms with Crippen molar-refractivity contribution < 1.29 is 4.74 Å². The fraction of sp³-hybridized carbons (Fsp3) is 0.278. The first kappa shape index (κ1) is 15.1. The number of benzene rings is 2. The van der Waals surface area contributed by atoms with Crippen molar-refractivity contribution in [1.29, 1.82) is 5.26 Å². The second-order valence-electron chi connectivity index (χ2n) is 5.16. The van der Waals surface area contributed by atoms with E-state index in [1.165, 1.54) is 5.56 Å². The molecule has 0 fully saturated rings. The molecule has 0 aliphatic rings. The van der Waals surface area contributed by atoms with Gasteiger partial charge in [0.25, 0.3) is 0 Å². The van der Waals surface area contributed by atoms with E-state index < -0.39 is 0 Å². The molecule has 3 heteroatoms. The number of ether oxygens (including phenoxy) is 1. The molecule has 0 aromatic heterocycles. The molecule has 1 N–H and O–H groups in total. The minimum absolute atomic E-state index is 0.172. The Morgan fingerprint density at radius 1 is 1.24 bits per heavy atom. The highest BCUT2D eigenvalue weighted by atomic mass is 16.5. The van der Waals surface area contributed by atoms with Gasteiger partial charge in [-0.3, -0.25) is 0 Å². The smallest absolute Gasteiger partial charge is 0.123 e. The SMILES string of the molecule is COc1ccc(C)cc1[C@H](C)NCc1cccc(C#N)c1. The minimum Gasteiger partial charge on any atom is -0.496 e. The average Bonchev–Trinajstić information content (AvgIpc) is 2.52. The fourth-order valence-electron chi connectivity index (χ4n) is 2.32. The van der Waals surface area contributed by atoms with Crippen LogP contribution in [-0.2, 0) is 6.54 Å². The summed E-state index contributed by atoms with van der Waals surface area (Å²) in [4.78, 5) is 0. The van der Waals surface area contributed by atoms with Gasteiger partial charge in [0.2, 0.25) is 0 Å². The highest BCUT2D eigenvalue weighted by Crippen LogP contribution is 2.26. The maximum atomic E-state index is 8.93. The molecular weight excluding hydrogens is 260 g/mol. The molecule has 2 aromatic rings. The Bertz CT molecular complexity index is 659. The monoisotopic (exact) mass is 280 g/mol. The lowest BCUT2D eigenvalue weighted by molar-refractivity contribution is 0.401. The quantitative estimate of drug-likeness (QED) is 0.907. The summed E-state index contributed by atoms with van der Waals surface area (Å²) in [7, 11) is 1.69. The van der Waals surface area contributed by atoms with Gasteiger partial charge in [0.1, 0.15) is 5.75 Å². The van der Waals surface area contributed by atoms with Crippen LogP contribution in [0.1, 0.15) is 35.2 Å². The number of methoxy groups -OCH3 is 1. The van der Waals surface area contributed by atoms with Crippen LogP contribution in [0.3, 0.4) is 0 Å². The number of nitrogens with one attached hydrogen (secondary N) is 1. The molecule has 0 heterocycles. The summed E-state index contributed by atoms with van der Waals surface area (Å²) in [6.07, 6.45) is 0. The molecule has 0 saturated heterocycles. The lowest BCUT2D eigenvalue weighted by Crippen LogP contribution is -2.19. The average molecular weight is 280 g/mol. The number of nitrogens with zero attached hydrogens (tertiary/aromatic N) is 1. The Kier molecular flexibility index (Phi) is 4.97. The predicted molar refractivity (Wildman–Crippen MR) is 84.1 cm³/mol. The van der Waals surface area contributed by atoms with Crippen molar-refractivity contribution in [1.82, 2.24) is 5.32 Å². The first-order chi connectivity index (χ1) is 10.1. The molecule has 2 rings (SSSR count). The van der Waals surface area contributed by atoms with E-state index in [0.29, 0.717) is 12.1 Å². The van der Waals surface area contributed by atoms with Crippen LogP contribution in [0, 0.1) is 18.3 Å². The van der Waals surface area contributed by atoms with Gasteiger partial charge >= 0.3 is 0 Å². The summed E-state index contributed by atoms with van der Waals surface area (Å²) < 4.78 is 5.43. The van der Waals surface area contributed by atoms with E-state index in [0.717, 1.165) is 16.9 Å². The molecule has 108 valence electrons. The van der Waals surface area contributed by atoms with Crippen LogP contribution >= 0.6 is 0 Å². The summed E-state index contributed by atoms with van der Waals surface area (Å²) in [5, 5.41) is 12.4. The van der Waals surface area contributed by atoms with Crippen molar-refractivity contribution in [3.63, 3.8) is 0 Å². The molecule has 0 aliphatic carbocycles. The van der Waals surface area contributed by atoms with Gasteiger partial charge in [-0.25, -0.2) is 0 Å². The summed E-state index contributed by atoms with van der Waals surface area (Å²) in [5.74, 6) is 0.895. The van der Waals surface area contributed by atoms with Gasteiger partial charge in [0.15, 0.2) is 0 Å². The lowest BCUT2D eigenvalue weighted by Gasteiger charge is -2.18. The zero-order valence-corrected chi connectivity index (χ0v) is 12.7. The van der Waals surface area contributed by atoms with Crippen LogP contribution in [-0.4, -0.2) is 7.11 Å². The van der Waals surface area contributed by atoms with Gasteiger partial charge in [-0.2, -0.15) is 5.26 Å². The van der Waals surface area contributed by atoms with E-state index in [1.807, 2.05) is 36.4 Å². The fourth-order valence-corrected chi connectivity index (χ4v) is 2.32. The second-order valence-corrected chi connectivity index (χ2v) is 5.16. The van der Waals surface area contributed by atoms with Crippen LogP contribution < -0.4 is 10.1 Å². The van der Waals surface area contributed by atoms with E-state index in [1.54, 1.807) is 7.11 Å². The van der Waals surface area contributed by atoms with Crippen molar-refractivity contribution in [2.45, 2.75) is 26.4 Å². The van der Waals surface area contributed by atoms with Crippen molar-refractivity contribution in [3.05, 3.63) is 64.7 Å². The van der Waals surface area contributed by atoms with Crippen molar-refractivity contribution in [3.8, 4) is 11.8 Å². The molecule has 2 aromatic carbocycles. The van der Waals surface area contributed by atoms with Crippen LogP contribution in [0.5, 0.6) is 5.75 Å². The number of nitriles is 1. The van der Waals surface area contributed by atoms with Gasteiger partial charge in [-0.1, -0.05) is 29.8 Å². The Morgan fingerprint density at radius 3 is 2.76 bits per heavy atom. The molecule has 21 heavy (non-hydrogen) atoms. The van der Waals surface area contributed by atoms with Crippen LogP contribution in [0.15, 0.2) is 42.5 Å². The largest absolute Gasteiger partial charge is 0.496 e. The second kappa shape index (κ2) is 6.92. The third kappa shape index (κ3) is 3.84. The summed E-state index contributed by atoms with van der Waals surface area (Å²) >= 11 is 0. The first-order valence-corrected chi connectivity index (χ1v) is 7.01.